The Kier molecular flexibility index (Phi) is 3.59. The minimum atomic E-state index is 1.07. The average molecular weight is 226 g/mol. The summed E-state index contributed by atoms with van der Waals surface area (Å²) in [4.78, 5) is 6.84. The van der Waals surface area contributed by atoms with Crippen molar-refractivity contribution in [2.75, 3.05) is 23.6 Å². The van der Waals surface area contributed by atoms with Crippen molar-refractivity contribution >= 4 is 27.3 Å². The second-order valence-corrected chi connectivity index (χ2v) is 5.78. The number of rotatable bonds is 3. The first kappa shape index (κ1) is 10.2. The summed E-state index contributed by atoms with van der Waals surface area (Å²) in [6, 6.07) is 4.21. The standard InChI is InChI=1S/C10H14N2S2/c1-13-14-8-12-7-3-4-9-10(12)5-2-6-11-9/h2,5-6H,3-4,7-8H2,1H3. The van der Waals surface area contributed by atoms with E-state index in [1.165, 1.54) is 24.3 Å². The average Bonchev–Trinajstić information content (AvgIpc) is 2.26. The molecule has 1 aliphatic heterocycles. The van der Waals surface area contributed by atoms with Crippen molar-refractivity contribution in [3.05, 3.63) is 24.0 Å². The molecule has 0 saturated heterocycles. The van der Waals surface area contributed by atoms with Gasteiger partial charge in [-0.2, -0.15) is 0 Å². The smallest absolute Gasteiger partial charge is 0.0742 e. The first-order chi connectivity index (χ1) is 6.92. The van der Waals surface area contributed by atoms with Gasteiger partial charge in [0.1, 0.15) is 0 Å². The number of aryl methyl sites for hydroxylation is 1. The van der Waals surface area contributed by atoms with E-state index in [0.29, 0.717) is 0 Å². The van der Waals surface area contributed by atoms with Gasteiger partial charge in [0.15, 0.2) is 0 Å². The lowest BCUT2D eigenvalue weighted by molar-refractivity contribution is 0.718. The molecule has 2 heterocycles. The number of aromatic nitrogens is 1. The second-order valence-electron chi connectivity index (χ2n) is 3.25. The topological polar surface area (TPSA) is 16.1 Å². The highest BCUT2D eigenvalue weighted by Gasteiger charge is 2.16. The summed E-state index contributed by atoms with van der Waals surface area (Å²) >= 11 is 0. The molecule has 76 valence electrons. The zero-order valence-electron chi connectivity index (χ0n) is 8.27. The van der Waals surface area contributed by atoms with Crippen LogP contribution in [0.1, 0.15) is 12.1 Å². The summed E-state index contributed by atoms with van der Waals surface area (Å²) in [7, 11) is 3.72. The largest absolute Gasteiger partial charge is 0.360 e. The molecule has 1 aromatic heterocycles. The van der Waals surface area contributed by atoms with Crippen LogP contribution in [0.2, 0.25) is 0 Å². The summed E-state index contributed by atoms with van der Waals surface area (Å²) in [5.74, 6) is 1.07. The van der Waals surface area contributed by atoms with Gasteiger partial charge in [-0.15, -0.1) is 0 Å². The molecule has 0 aliphatic carbocycles. The van der Waals surface area contributed by atoms with Gasteiger partial charge in [0, 0.05) is 12.7 Å². The molecule has 0 bridgehead atoms. The van der Waals surface area contributed by atoms with E-state index in [1.54, 1.807) is 0 Å². The Balaban J connectivity index is 2.14. The molecular formula is C10H14N2S2. The van der Waals surface area contributed by atoms with Crippen molar-refractivity contribution in [3.63, 3.8) is 0 Å². The van der Waals surface area contributed by atoms with Crippen molar-refractivity contribution in [1.82, 2.24) is 4.98 Å². The fraction of sp³-hybridized carbons (Fsp3) is 0.500. The van der Waals surface area contributed by atoms with Crippen molar-refractivity contribution in [3.8, 4) is 0 Å². The monoisotopic (exact) mass is 226 g/mol. The molecule has 0 atom stereocenters. The summed E-state index contributed by atoms with van der Waals surface area (Å²) in [6.07, 6.45) is 6.39. The Morgan fingerprint density at radius 3 is 3.36 bits per heavy atom. The van der Waals surface area contributed by atoms with Crippen LogP contribution in [0.4, 0.5) is 5.69 Å². The van der Waals surface area contributed by atoms with E-state index in [4.69, 9.17) is 0 Å². The number of pyridine rings is 1. The molecule has 0 N–H and O–H groups in total. The zero-order chi connectivity index (χ0) is 9.80. The van der Waals surface area contributed by atoms with E-state index in [0.717, 1.165) is 12.3 Å². The Hall–Kier alpha value is -0.350. The van der Waals surface area contributed by atoms with Gasteiger partial charge in [0.25, 0.3) is 0 Å². The Morgan fingerprint density at radius 1 is 1.57 bits per heavy atom. The summed E-state index contributed by atoms with van der Waals surface area (Å²) in [6.45, 7) is 1.17. The predicted molar refractivity (Wildman–Crippen MR) is 65.9 cm³/mol. The normalized spacial score (nSPS) is 15.4. The highest BCUT2D eigenvalue weighted by Crippen LogP contribution is 2.28. The van der Waals surface area contributed by atoms with Gasteiger partial charge in [-0.1, -0.05) is 21.6 Å². The van der Waals surface area contributed by atoms with Crippen molar-refractivity contribution in [2.45, 2.75) is 12.8 Å². The first-order valence-corrected chi connectivity index (χ1v) is 7.49. The third kappa shape index (κ3) is 2.17. The minimum absolute atomic E-state index is 1.07. The summed E-state index contributed by atoms with van der Waals surface area (Å²) < 4.78 is 0. The van der Waals surface area contributed by atoms with Gasteiger partial charge in [-0.3, -0.25) is 4.98 Å². The highest BCUT2D eigenvalue weighted by molar-refractivity contribution is 8.76. The quantitative estimate of drug-likeness (QED) is 0.736. The van der Waals surface area contributed by atoms with Crippen LogP contribution in [0.15, 0.2) is 18.3 Å². The molecule has 0 radical (unpaired) electrons. The second kappa shape index (κ2) is 4.94. The third-order valence-electron chi connectivity index (χ3n) is 2.37. The van der Waals surface area contributed by atoms with Gasteiger partial charge >= 0.3 is 0 Å². The van der Waals surface area contributed by atoms with Gasteiger partial charge in [0.2, 0.25) is 0 Å². The lowest BCUT2D eigenvalue weighted by atomic mass is 10.1. The Labute approximate surface area is 92.9 Å². The Bertz CT molecular complexity index is 304. The van der Waals surface area contributed by atoms with E-state index >= 15 is 0 Å². The fourth-order valence-corrected chi connectivity index (χ4v) is 2.92. The molecule has 0 saturated carbocycles. The predicted octanol–water partition coefficient (Wildman–Crippen LogP) is 2.80. The molecule has 2 nitrogen and oxygen atoms in total. The molecule has 0 spiro atoms. The van der Waals surface area contributed by atoms with Crippen LogP contribution < -0.4 is 4.90 Å². The lowest BCUT2D eigenvalue weighted by Gasteiger charge is -2.29. The Morgan fingerprint density at radius 2 is 2.50 bits per heavy atom. The van der Waals surface area contributed by atoms with Crippen LogP contribution in [-0.2, 0) is 6.42 Å². The number of hydrogen-bond acceptors (Lipinski definition) is 4. The van der Waals surface area contributed by atoms with Gasteiger partial charge in [0.05, 0.1) is 17.3 Å². The summed E-state index contributed by atoms with van der Waals surface area (Å²) in [5, 5.41) is 0. The van der Waals surface area contributed by atoms with Crippen molar-refractivity contribution < 1.29 is 0 Å². The van der Waals surface area contributed by atoms with Gasteiger partial charge < -0.3 is 4.90 Å². The molecule has 0 aromatic carbocycles. The minimum Gasteiger partial charge on any atom is -0.360 e. The zero-order valence-corrected chi connectivity index (χ0v) is 9.90. The van der Waals surface area contributed by atoms with Crippen LogP contribution >= 0.6 is 21.6 Å². The van der Waals surface area contributed by atoms with Gasteiger partial charge in [-0.05, 0) is 31.2 Å². The van der Waals surface area contributed by atoms with E-state index in [9.17, 15) is 0 Å². The van der Waals surface area contributed by atoms with Crippen LogP contribution in [0.5, 0.6) is 0 Å². The maximum Gasteiger partial charge on any atom is 0.0742 e. The molecule has 4 heteroatoms. The van der Waals surface area contributed by atoms with E-state index in [2.05, 4.69) is 22.2 Å². The van der Waals surface area contributed by atoms with Gasteiger partial charge in [-0.25, -0.2) is 0 Å². The molecule has 1 aliphatic rings. The fourth-order valence-electron chi connectivity index (χ4n) is 1.72. The molecule has 0 unspecified atom stereocenters. The number of hydrogen-bond donors (Lipinski definition) is 0. The molecule has 0 amide bonds. The van der Waals surface area contributed by atoms with E-state index in [-0.39, 0.29) is 0 Å². The van der Waals surface area contributed by atoms with Crippen LogP contribution in [0.3, 0.4) is 0 Å². The number of fused-ring (bicyclic) bond motifs is 1. The van der Waals surface area contributed by atoms with E-state index < -0.39 is 0 Å². The highest BCUT2D eigenvalue weighted by atomic mass is 33.1. The molecule has 14 heavy (non-hydrogen) atoms. The SMILES string of the molecule is CSSCN1CCCc2ncccc21. The third-order valence-corrected chi connectivity index (χ3v) is 4.05. The molecule has 0 fully saturated rings. The molecule has 2 rings (SSSR count). The van der Waals surface area contributed by atoms with Crippen LogP contribution in [-0.4, -0.2) is 23.7 Å². The number of nitrogens with zero attached hydrogens (tertiary/aromatic N) is 2. The maximum absolute atomic E-state index is 4.42. The molecular weight excluding hydrogens is 212 g/mol. The van der Waals surface area contributed by atoms with Crippen molar-refractivity contribution in [2.24, 2.45) is 0 Å². The number of anilines is 1. The molecule has 1 aromatic rings. The first-order valence-electron chi connectivity index (χ1n) is 4.76. The van der Waals surface area contributed by atoms with E-state index in [1.807, 2.05) is 33.9 Å². The summed E-state index contributed by atoms with van der Waals surface area (Å²) in [5.41, 5.74) is 2.60. The van der Waals surface area contributed by atoms with Crippen LogP contribution in [0.25, 0.3) is 0 Å². The lowest BCUT2D eigenvalue weighted by Crippen LogP contribution is -2.29. The maximum atomic E-state index is 4.42. The van der Waals surface area contributed by atoms with Crippen LogP contribution in [0, 0.1) is 0 Å². The van der Waals surface area contributed by atoms with Crippen molar-refractivity contribution in [1.29, 1.82) is 0 Å².